The number of benzene rings is 1. The van der Waals surface area contributed by atoms with Gasteiger partial charge in [-0.3, -0.25) is 19.0 Å². The zero-order valence-corrected chi connectivity index (χ0v) is 15.6. The molecule has 0 unspecified atom stereocenters. The molecule has 8 heteroatoms. The molecule has 1 aliphatic heterocycles. The summed E-state index contributed by atoms with van der Waals surface area (Å²) in [5.41, 5.74) is 0.643. The molecule has 0 atom stereocenters. The van der Waals surface area contributed by atoms with Crippen LogP contribution < -0.4 is 15.8 Å². The van der Waals surface area contributed by atoms with E-state index in [0.29, 0.717) is 13.1 Å². The van der Waals surface area contributed by atoms with Gasteiger partial charge in [-0.05, 0) is 25.0 Å². The van der Waals surface area contributed by atoms with Crippen molar-refractivity contribution in [3.05, 3.63) is 58.8 Å². The van der Waals surface area contributed by atoms with Crippen LogP contribution in [0.5, 0.6) is 0 Å². The van der Waals surface area contributed by atoms with Gasteiger partial charge in [-0.1, -0.05) is 18.2 Å². The molecule has 0 bridgehead atoms. The maximum Gasteiger partial charge on any atom is 0.266 e. The molecule has 1 saturated heterocycles. The van der Waals surface area contributed by atoms with Crippen molar-refractivity contribution in [2.75, 3.05) is 31.1 Å². The lowest BCUT2D eigenvalue weighted by atomic mass is 10.2. The molecule has 1 aromatic heterocycles. The summed E-state index contributed by atoms with van der Waals surface area (Å²) in [6.07, 6.45) is 4.45. The van der Waals surface area contributed by atoms with E-state index in [1.165, 1.54) is 17.1 Å². The van der Waals surface area contributed by atoms with Crippen molar-refractivity contribution in [3.63, 3.8) is 0 Å². The molecule has 2 fully saturated rings. The third-order valence-corrected chi connectivity index (χ3v) is 5.12. The van der Waals surface area contributed by atoms with Gasteiger partial charge < -0.3 is 15.1 Å². The molecule has 28 heavy (non-hydrogen) atoms. The van der Waals surface area contributed by atoms with E-state index >= 15 is 0 Å². The van der Waals surface area contributed by atoms with E-state index in [2.05, 4.69) is 27.3 Å². The Morgan fingerprint density at radius 2 is 1.79 bits per heavy atom. The van der Waals surface area contributed by atoms with Gasteiger partial charge in [-0.25, -0.2) is 4.98 Å². The van der Waals surface area contributed by atoms with Crippen LogP contribution in [0, 0.1) is 0 Å². The van der Waals surface area contributed by atoms with Gasteiger partial charge in [0.05, 0.1) is 6.33 Å². The Morgan fingerprint density at radius 1 is 1.07 bits per heavy atom. The van der Waals surface area contributed by atoms with Crippen molar-refractivity contribution < 1.29 is 9.59 Å². The van der Waals surface area contributed by atoms with Crippen molar-refractivity contribution in [1.82, 2.24) is 19.8 Å². The largest absolute Gasteiger partial charge is 0.368 e. The fourth-order valence-corrected chi connectivity index (χ4v) is 3.31. The summed E-state index contributed by atoms with van der Waals surface area (Å²) in [4.78, 5) is 45.3. The van der Waals surface area contributed by atoms with Gasteiger partial charge in [0, 0.05) is 44.1 Å². The molecule has 1 saturated carbocycles. The minimum absolute atomic E-state index is 0.0175. The fourth-order valence-electron chi connectivity index (χ4n) is 3.31. The molecule has 2 aromatic rings. The van der Waals surface area contributed by atoms with Gasteiger partial charge >= 0.3 is 0 Å². The van der Waals surface area contributed by atoms with Gasteiger partial charge in [0.2, 0.25) is 5.91 Å². The summed E-state index contributed by atoms with van der Waals surface area (Å²) in [5, 5.41) is 2.78. The first-order chi connectivity index (χ1) is 13.6. The summed E-state index contributed by atoms with van der Waals surface area (Å²) < 4.78 is 1.22. The number of hydrogen-bond acceptors (Lipinski definition) is 5. The second-order valence-electron chi connectivity index (χ2n) is 7.19. The summed E-state index contributed by atoms with van der Waals surface area (Å²) in [7, 11) is 0. The predicted octanol–water partition coefficient (Wildman–Crippen LogP) is 0.484. The topological polar surface area (TPSA) is 87.5 Å². The number of amides is 2. The molecule has 1 N–H and O–H groups in total. The number of carbonyl (C=O) groups excluding carboxylic acids is 2. The van der Waals surface area contributed by atoms with Gasteiger partial charge in [0.25, 0.3) is 11.5 Å². The molecule has 0 radical (unpaired) electrons. The van der Waals surface area contributed by atoms with Crippen molar-refractivity contribution >= 4 is 17.5 Å². The fraction of sp³-hybridized carbons (Fsp3) is 0.400. The van der Waals surface area contributed by atoms with Gasteiger partial charge in [-0.2, -0.15) is 0 Å². The third-order valence-electron chi connectivity index (χ3n) is 5.12. The van der Waals surface area contributed by atoms with Gasteiger partial charge in [-0.15, -0.1) is 0 Å². The lowest BCUT2D eigenvalue weighted by Gasteiger charge is -2.36. The quantitative estimate of drug-likeness (QED) is 0.814. The minimum atomic E-state index is -0.482. The highest BCUT2D eigenvalue weighted by Gasteiger charge is 2.26. The normalized spacial score (nSPS) is 16.7. The highest BCUT2D eigenvalue weighted by Crippen LogP contribution is 2.19. The van der Waals surface area contributed by atoms with Crippen molar-refractivity contribution in [3.8, 4) is 0 Å². The number of hydrogen-bond donors (Lipinski definition) is 1. The molecule has 2 aliphatic rings. The average Bonchev–Trinajstić information content (AvgIpc) is 3.54. The molecule has 146 valence electrons. The van der Waals surface area contributed by atoms with Crippen LogP contribution in [0.4, 0.5) is 5.69 Å². The minimum Gasteiger partial charge on any atom is -0.368 e. The molecular weight excluding hydrogens is 358 g/mol. The Hall–Kier alpha value is -3.16. The summed E-state index contributed by atoms with van der Waals surface area (Å²) in [6.45, 7) is 2.57. The second kappa shape index (κ2) is 7.84. The molecule has 0 spiro atoms. The van der Waals surface area contributed by atoms with Gasteiger partial charge in [0.15, 0.2) is 0 Å². The Bertz CT molecular complexity index is 915. The number of para-hydroxylation sites is 1. The first kappa shape index (κ1) is 18.2. The molecule has 1 aromatic carbocycles. The number of carbonyl (C=O) groups is 2. The summed E-state index contributed by atoms with van der Waals surface area (Å²) in [5.74, 6) is -0.561. The van der Waals surface area contributed by atoms with Crippen LogP contribution in [0.15, 0.2) is 47.7 Å². The van der Waals surface area contributed by atoms with Crippen LogP contribution in [-0.2, 0) is 11.3 Å². The first-order valence-electron chi connectivity index (χ1n) is 9.55. The monoisotopic (exact) mass is 381 g/mol. The lowest BCUT2D eigenvalue weighted by Crippen LogP contribution is -2.50. The lowest BCUT2D eigenvalue weighted by molar-refractivity contribution is -0.132. The van der Waals surface area contributed by atoms with E-state index in [-0.39, 0.29) is 24.1 Å². The maximum atomic E-state index is 12.7. The molecule has 8 nitrogen and oxygen atoms in total. The number of aromatic nitrogens is 2. The van der Waals surface area contributed by atoms with E-state index in [1.807, 2.05) is 18.2 Å². The van der Waals surface area contributed by atoms with Crippen LogP contribution >= 0.6 is 0 Å². The average molecular weight is 381 g/mol. The van der Waals surface area contributed by atoms with Crippen LogP contribution in [0.2, 0.25) is 0 Å². The van der Waals surface area contributed by atoms with Crippen molar-refractivity contribution in [1.29, 1.82) is 0 Å². The number of piperazine rings is 1. The van der Waals surface area contributed by atoms with Gasteiger partial charge in [0.1, 0.15) is 12.1 Å². The smallest absolute Gasteiger partial charge is 0.266 e. The van der Waals surface area contributed by atoms with Crippen molar-refractivity contribution in [2.24, 2.45) is 0 Å². The number of nitrogens with zero attached hydrogens (tertiary/aromatic N) is 4. The Morgan fingerprint density at radius 3 is 2.46 bits per heavy atom. The van der Waals surface area contributed by atoms with Crippen LogP contribution in [0.1, 0.15) is 23.2 Å². The molecule has 1 aliphatic carbocycles. The third kappa shape index (κ3) is 4.05. The summed E-state index contributed by atoms with van der Waals surface area (Å²) in [6, 6.07) is 10.2. The number of anilines is 1. The number of nitrogens with one attached hydrogen (secondary N) is 1. The Labute approximate surface area is 162 Å². The van der Waals surface area contributed by atoms with Crippen LogP contribution in [-0.4, -0.2) is 58.5 Å². The standard InChI is InChI=1S/C20H23N5O3/c26-18(24-10-8-23(9-11-24)16-4-2-1-3-5-16)13-25-14-21-12-17(20(25)28)19(27)22-15-6-7-15/h1-5,12,14-15H,6-11,13H2,(H,22,27). The first-order valence-corrected chi connectivity index (χ1v) is 9.55. The highest BCUT2D eigenvalue weighted by molar-refractivity contribution is 5.94. The SMILES string of the molecule is O=C(NC1CC1)c1cncn(CC(=O)N2CCN(c3ccccc3)CC2)c1=O. The van der Waals surface area contributed by atoms with Crippen LogP contribution in [0.3, 0.4) is 0 Å². The highest BCUT2D eigenvalue weighted by atomic mass is 16.2. The molecule has 4 rings (SSSR count). The predicted molar refractivity (Wildman–Crippen MR) is 104 cm³/mol. The summed E-state index contributed by atoms with van der Waals surface area (Å²) >= 11 is 0. The zero-order chi connectivity index (χ0) is 19.5. The molecule has 2 heterocycles. The van der Waals surface area contributed by atoms with Crippen molar-refractivity contribution in [2.45, 2.75) is 25.4 Å². The number of rotatable bonds is 5. The van der Waals surface area contributed by atoms with E-state index in [0.717, 1.165) is 31.6 Å². The Balaban J connectivity index is 1.37. The van der Waals surface area contributed by atoms with E-state index < -0.39 is 11.5 Å². The zero-order valence-electron chi connectivity index (χ0n) is 15.6. The Kier molecular flexibility index (Phi) is 5.10. The van der Waals surface area contributed by atoms with E-state index in [4.69, 9.17) is 0 Å². The van der Waals surface area contributed by atoms with E-state index in [1.54, 1.807) is 4.90 Å². The molecular formula is C20H23N5O3. The molecule has 2 amide bonds. The second-order valence-corrected chi connectivity index (χ2v) is 7.19. The van der Waals surface area contributed by atoms with Crippen LogP contribution in [0.25, 0.3) is 0 Å². The maximum absolute atomic E-state index is 12.7. The van der Waals surface area contributed by atoms with E-state index in [9.17, 15) is 14.4 Å².